The molecule has 0 aliphatic carbocycles. The Morgan fingerprint density at radius 2 is 1.79 bits per heavy atom. The van der Waals surface area contributed by atoms with Gasteiger partial charge in [0, 0.05) is 6.54 Å². The molecule has 0 heterocycles. The van der Waals surface area contributed by atoms with Crippen molar-refractivity contribution in [3.05, 3.63) is 58.1 Å². The van der Waals surface area contributed by atoms with Crippen LogP contribution in [0.25, 0.3) is 0 Å². The average Bonchev–Trinajstić information content (AvgIpc) is 2.64. The van der Waals surface area contributed by atoms with Crippen LogP contribution in [0.15, 0.2) is 42.5 Å². The molecule has 2 rings (SSSR count). The number of benzene rings is 2. The third kappa shape index (κ3) is 5.77. The minimum atomic E-state index is -3.72. The number of amides is 1. The van der Waals surface area contributed by atoms with Gasteiger partial charge in [-0.05, 0) is 49.2 Å². The molecule has 0 saturated carbocycles. The number of hydrogen-bond donors (Lipinski definition) is 1. The maximum atomic E-state index is 12.6. The van der Waals surface area contributed by atoms with Crippen LogP contribution >= 0.6 is 23.2 Å². The maximum Gasteiger partial charge on any atom is 0.243 e. The lowest BCUT2D eigenvalue weighted by molar-refractivity contribution is -0.121. The summed E-state index contributed by atoms with van der Waals surface area (Å²) in [6.07, 6.45) is 1.64. The van der Waals surface area contributed by atoms with E-state index in [1.807, 2.05) is 24.3 Å². The molecule has 2 aromatic carbocycles. The Balaban J connectivity index is 2.07. The van der Waals surface area contributed by atoms with Crippen LogP contribution in [0.4, 0.5) is 5.69 Å². The van der Waals surface area contributed by atoms with E-state index in [1.54, 1.807) is 7.11 Å². The first-order valence-electron chi connectivity index (χ1n) is 8.48. The van der Waals surface area contributed by atoms with Crippen LogP contribution in [0.5, 0.6) is 5.75 Å². The molecule has 1 unspecified atom stereocenters. The summed E-state index contributed by atoms with van der Waals surface area (Å²) < 4.78 is 30.7. The zero-order chi connectivity index (χ0) is 20.9. The van der Waals surface area contributed by atoms with Crippen LogP contribution in [0, 0.1) is 0 Å². The van der Waals surface area contributed by atoms with Gasteiger partial charge >= 0.3 is 0 Å². The predicted octanol–water partition coefficient (Wildman–Crippen LogP) is 3.52. The molecule has 0 aromatic heterocycles. The van der Waals surface area contributed by atoms with Crippen LogP contribution < -0.4 is 14.4 Å². The van der Waals surface area contributed by atoms with Crippen LogP contribution in [0.1, 0.15) is 12.5 Å². The van der Waals surface area contributed by atoms with Gasteiger partial charge in [-0.2, -0.15) is 0 Å². The highest BCUT2D eigenvalue weighted by Crippen LogP contribution is 2.29. The molecule has 0 bridgehead atoms. The van der Waals surface area contributed by atoms with Gasteiger partial charge in [0.1, 0.15) is 11.8 Å². The fraction of sp³-hybridized carbons (Fsp3) is 0.316. The monoisotopic (exact) mass is 444 g/mol. The first-order valence-corrected chi connectivity index (χ1v) is 11.1. The van der Waals surface area contributed by atoms with E-state index in [1.165, 1.54) is 25.1 Å². The van der Waals surface area contributed by atoms with Gasteiger partial charge in [0.15, 0.2) is 0 Å². The zero-order valence-corrected chi connectivity index (χ0v) is 18.1. The van der Waals surface area contributed by atoms with E-state index >= 15 is 0 Å². The Kier molecular flexibility index (Phi) is 7.57. The van der Waals surface area contributed by atoms with Crippen molar-refractivity contribution in [2.75, 3.05) is 24.2 Å². The molecule has 0 radical (unpaired) electrons. The minimum Gasteiger partial charge on any atom is -0.497 e. The predicted molar refractivity (Wildman–Crippen MR) is 113 cm³/mol. The van der Waals surface area contributed by atoms with Gasteiger partial charge in [-0.25, -0.2) is 8.42 Å². The summed E-state index contributed by atoms with van der Waals surface area (Å²) in [5, 5.41) is 3.28. The van der Waals surface area contributed by atoms with Crippen LogP contribution in [-0.2, 0) is 21.2 Å². The molecule has 0 aliphatic rings. The standard InChI is InChI=1S/C19H22Cl2N2O4S/c1-13(19(24)22-11-10-14-4-7-16(27-2)8-5-14)23(28(3,25)26)15-6-9-17(20)18(21)12-15/h4-9,12-13H,10-11H2,1-3H3,(H,22,24). The lowest BCUT2D eigenvalue weighted by Crippen LogP contribution is -2.48. The highest BCUT2D eigenvalue weighted by molar-refractivity contribution is 7.92. The SMILES string of the molecule is COc1ccc(CCNC(=O)C(C)N(c2ccc(Cl)c(Cl)c2)S(C)(=O)=O)cc1. The number of nitrogens with zero attached hydrogens (tertiary/aromatic N) is 1. The fourth-order valence-corrected chi connectivity index (χ4v) is 4.16. The topological polar surface area (TPSA) is 75.7 Å². The van der Waals surface area contributed by atoms with Crippen LogP contribution in [0.2, 0.25) is 10.0 Å². The van der Waals surface area contributed by atoms with Crippen molar-refractivity contribution in [2.45, 2.75) is 19.4 Å². The number of methoxy groups -OCH3 is 1. The number of carbonyl (C=O) groups excluding carboxylic acids is 1. The Morgan fingerprint density at radius 1 is 1.14 bits per heavy atom. The number of rotatable bonds is 8. The van der Waals surface area contributed by atoms with E-state index in [4.69, 9.17) is 27.9 Å². The molecule has 1 amide bonds. The molecular weight excluding hydrogens is 423 g/mol. The van der Waals surface area contributed by atoms with Crippen LogP contribution in [0.3, 0.4) is 0 Å². The van der Waals surface area contributed by atoms with Crippen LogP contribution in [-0.4, -0.2) is 40.3 Å². The van der Waals surface area contributed by atoms with Crippen molar-refractivity contribution >= 4 is 44.8 Å². The maximum absolute atomic E-state index is 12.6. The average molecular weight is 445 g/mol. The largest absolute Gasteiger partial charge is 0.497 e. The summed E-state index contributed by atoms with van der Waals surface area (Å²) in [7, 11) is -2.12. The molecule has 28 heavy (non-hydrogen) atoms. The second-order valence-corrected chi connectivity index (χ2v) is 8.90. The molecule has 6 nitrogen and oxygen atoms in total. The lowest BCUT2D eigenvalue weighted by Gasteiger charge is -2.28. The van der Waals surface area contributed by atoms with Crippen molar-refractivity contribution in [3.8, 4) is 5.75 Å². The van der Waals surface area contributed by atoms with E-state index in [9.17, 15) is 13.2 Å². The molecule has 152 valence electrons. The molecule has 0 aliphatic heterocycles. The summed E-state index contributed by atoms with van der Waals surface area (Å²) in [6, 6.07) is 11.0. The van der Waals surface area contributed by atoms with Crippen molar-refractivity contribution in [1.82, 2.24) is 5.32 Å². The van der Waals surface area contributed by atoms with Gasteiger partial charge in [0.05, 0.1) is 29.1 Å². The van der Waals surface area contributed by atoms with Gasteiger partial charge in [0.25, 0.3) is 0 Å². The van der Waals surface area contributed by atoms with E-state index in [2.05, 4.69) is 5.32 Å². The molecule has 2 aromatic rings. The lowest BCUT2D eigenvalue weighted by atomic mass is 10.1. The van der Waals surface area contributed by atoms with E-state index in [0.717, 1.165) is 21.9 Å². The number of anilines is 1. The summed E-state index contributed by atoms with van der Waals surface area (Å²) >= 11 is 11.9. The van der Waals surface area contributed by atoms with Crippen molar-refractivity contribution in [3.63, 3.8) is 0 Å². The molecule has 9 heteroatoms. The normalized spacial score (nSPS) is 12.3. The quantitative estimate of drug-likeness (QED) is 0.675. The van der Waals surface area contributed by atoms with E-state index in [0.29, 0.717) is 18.0 Å². The Hall–Kier alpha value is -1.96. The molecule has 1 atom stereocenters. The van der Waals surface area contributed by atoms with Gasteiger partial charge in [-0.1, -0.05) is 35.3 Å². The first kappa shape index (κ1) is 22.3. The van der Waals surface area contributed by atoms with E-state index in [-0.39, 0.29) is 10.7 Å². The highest BCUT2D eigenvalue weighted by Gasteiger charge is 2.29. The van der Waals surface area contributed by atoms with Gasteiger partial charge in [0.2, 0.25) is 15.9 Å². The summed E-state index contributed by atoms with van der Waals surface area (Å²) in [4.78, 5) is 12.6. The van der Waals surface area contributed by atoms with Gasteiger partial charge in [-0.3, -0.25) is 9.10 Å². The van der Waals surface area contributed by atoms with Crippen molar-refractivity contribution < 1.29 is 17.9 Å². The Morgan fingerprint density at radius 3 is 2.32 bits per heavy atom. The number of ether oxygens (including phenoxy) is 1. The van der Waals surface area contributed by atoms with Gasteiger partial charge < -0.3 is 10.1 Å². The summed E-state index contributed by atoms with van der Waals surface area (Å²) in [5.41, 5.74) is 1.30. The smallest absolute Gasteiger partial charge is 0.243 e. The third-order valence-electron chi connectivity index (χ3n) is 4.12. The Labute approximate surface area is 175 Å². The van der Waals surface area contributed by atoms with Crippen molar-refractivity contribution in [1.29, 1.82) is 0 Å². The zero-order valence-electron chi connectivity index (χ0n) is 15.8. The number of halogens is 2. The first-order chi connectivity index (χ1) is 13.1. The minimum absolute atomic E-state index is 0.208. The fourth-order valence-electron chi connectivity index (χ4n) is 2.70. The second kappa shape index (κ2) is 9.49. The highest BCUT2D eigenvalue weighted by atomic mass is 35.5. The van der Waals surface area contributed by atoms with Gasteiger partial charge in [-0.15, -0.1) is 0 Å². The molecule has 0 saturated heterocycles. The third-order valence-corrected chi connectivity index (χ3v) is 6.10. The summed E-state index contributed by atoms with van der Waals surface area (Å²) in [6.45, 7) is 1.89. The Bertz CT molecular complexity index is 933. The number of nitrogens with one attached hydrogen (secondary N) is 1. The number of sulfonamides is 1. The molecule has 1 N–H and O–H groups in total. The summed E-state index contributed by atoms with van der Waals surface area (Å²) in [5.74, 6) is 0.344. The second-order valence-electron chi connectivity index (χ2n) is 6.22. The number of hydrogen-bond acceptors (Lipinski definition) is 4. The molecule has 0 fully saturated rings. The molecular formula is C19H22Cl2N2O4S. The number of carbonyl (C=O) groups is 1. The molecule has 0 spiro atoms. The van der Waals surface area contributed by atoms with Crippen molar-refractivity contribution in [2.24, 2.45) is 0 Å². The van der Waals surface area contributed by atoms with E-state index < -0.39 is 22.0 Å².